The number of rotatable bonds is 8. The number of esters is 1. The summed E-state index contributed by atoms with van der Waals surface area (Å²) in [4.78, 5) is 39.4. The highest BCUT2D eigenvalue weighted by Gasteiger charge is 2.29. The van der Waals surface area contributed by atoms with Gasteiger partial charge < -0.3 is 20.1 Å². The van der Waals surface area contributed by atoms with Crippen LogP contribution >= 0.6 is 11.3 Å². The van der Waals surface area contributed by atoms with E-state index in [0.29, 0.717) is 33.5 Å². The molecule has 2 aromatic carbocycles. The second-order valence-corrected chi connectivity index (χ2v) is 10.5. The van der Waals surface area contributed by atoms with E-state index >= 15 is 0 Å². The van der Waals surface area contributed by atoms with E-state index in [4.69, 9.17) is 9.47 Å². The molecule has 0 bridgehead atoms. The van der Waals surface area contributed by atoms with Crippen molar-refractivity contribution in [3.63, 3.8) is 0 Å². The quantitative estimate of drug-likeness (QED) is 0.355. The summed E-state index contributed by atoms with van der Waals surface area (Å²) in [6.07, 6.45) is 1.97. The summed E-state index contributed by atoms with van der Waals surface area (Å²) in [7, 11) is 0. The Balaban J connectivity index is 1.42. The third kappa shape index (κ3) is 6.38. The molecule has 2 amide bonds. The molecule has 0 spiro atoms. The van der Waals surface area contributed by atoms with Gasteiger partial charge >= 0.3 is 5.97 Å². The summed E-state index contributed by atoms with van der Waals surface area (Å²) < 4.78 is 11.1. The van der Waals surface area contributed by atoms with Crippen molar-refractivity contribution < 1.29 is 23.9 Å². The van der Waals surface area contributed by atoms with E-state index in [-0.39, 0.29) is 18.4 Å². The Morgan fingerprint density at radius 3 is 2.43 bits per heavy atom. The number of carbonyl (C=O) groups is 3. The summed E-state index contributed by atoms with van der Waals surface area (Å²) in [5.74, 6) is 0.0168. The number of fused-ring (bicyclic) bond motifs is 1. The highest BCUT2D eigenvalue weighted by atomic mass is 32.1. The molecule has 2 N–H and O–H groups in total. The molecule has 1 aliphatic rings. The van der Waals surface area contributed by atoms with Gasteiger partial charge in [-0.15, -0.1) is 11.3 Å². The fraction of sp³-hybridized carbons (Fsp3) is 0.345. The Bertz CT molecular complexity index is 1280. The van der Waals surface area contributed by atoms with Crippen LogP contribution in [0, 0.1) is 12.8 Å². The maximum Gasteiger partial charge on any atom is 0.341 e. The van der Waals surface area contributed by atoms with E-state index < -0.39 is 12.1 Å². The van der Waals surface area contributed by atoms with E-state index in [0.717, 1.165) is 35.3 Å². The molecule has 37 heavy (non-hydrogen) atoms. The van der Waals surface area contributed by atoms with E-state index in [1.807, 2.05) is 31.2 Å². The first-order valence-electron chi connectivity index (χ1n) is 12.5. The van der Waals surface area contributed by atoms with Crippen LogP contribution in [0.2, 0.25) is 0 Å². The van der Waals surface area contributed by atoms with Crippen molar-refractivity contribution in [1.29, 1.82) is 0 Å². The molecular formula is C29H32N2O5S. The minimum atomic E-state index is -0.729. The number of aryl methyl sites for hydroxylation is 1. The van der Waals surface area contributed by atoms with Crippen LogP contribution in [-0.4, -0.2) is 30.5 Å². The minimum Gasteiger partial charge on any atom is -0.481 e. The first-order valence-corrected chi connectivity index (χ1v) is 13.3. The lowest BCUT2D eigenvalue weighted by molar-refractivity contribution is -0.122. The lowest BCUT2D eigenvalue weighted by Gasteiger charge is -2.18. The van der Waals surface area contributed by atoms with E-state index in [1.54, 1.807) is 38.1 Å². The van der Waals surface area contributed by atoms with Gasteiger partial charge in [-0.25, -0.2) is 4.79 Å². The molecule has 0 aliphatic heterocycles. The number of benzene rings is 2. The lowest BCUT2D eigenvalue weighted by Crippen LogP contribution is -2.30. The number of thiophene rings is 1. The average Bonchev–Trinajstić information content (AvgIpc) is 3.22. The second kappa shape index (κ2) is 11.6. The number of ether oxygens (including phenoxy) is 2. The Kier molecular flexibility index (Phi) is 8.28. The van der Waals surface area contributed by atoms with Crippen molar-refractivity contribution >= 4 is 39.8 Å². The van der Waals surface area contributed by atoms with Gasteiger partial charge in [0.2, 0.25) is 0 Å². The Morgan fingerprint density at radius 1 is 1.05 bits per heavy atom. The molecule has 4 rings (SSSR count). The van der Waals surface area contributed by atoms with E-state index in [2.05, 4.69) is 17.6 Å². The van der Waals surface area contributed by atoms with Crippen LogP contribution in [0.4, 0.5) is 10.7 Å². The third-order valence-electron chi connectivity index (χ3n) is 6.34. The van der Waals surface area contributed by atoms with Crippen molar-refractivity contribution in [3.8, 4) is 5.75 Å². The maximum absolute atomic E-state index is 13.0. The molecule has 2 atom stereocenters. The van der Waals surface area contributed by atoms with Gasteiger partial charge in [-0.2, -0.15) is 0 Å². The Hall–Kier alpha value is -3.65. The highest BCUT2D eigenvalue weighted by molar-refractivity contribution is 7.17. The Labute approximate surface area is 221 Å². The fourth-order valence-corrected chi connectivity index (χ4v) is 5.65. The zero-order valence-corrected chi connectivity index (χ0v) is 22.4. The van der Waals surface area contributed by atoms with Crippen LogP contribution in [0.3, 0.4) is 0 Å². The molecular weight excluding hydrogens is 488 g/mol. The van der Waals surface area contributed by atoms with Gasteiger partial charge in [-0.05, 0) is 87.9 Å². The van der Waals surface area contributed by atoms with Gasteiger partial charge in [0.05, 0.1) is 12.2 Å². The maximum atomic E-state index is 13.0. The molecule has 0 fully saturated rings. The van der Waals surface area contributed by atoms with Crippen molar-refractivity contribution in [2.24, 2.45) is 5.92 Å². The SMILES string of the molecule is CCOC(=O)c1c(NC(=O)c2ccc(O[C@@H](C)C(=O)Nc3ccc(C)cc3)cc2)sc2c1CC[C@@H](C)C2. The lowest BCUT2D eigenvalue weighted by atomic mass is 9.88. The van der Waals surface area contributed by atoms with Crippen LogP contribution in [0.25, 0.3) is 0 Å². The first kappa shape index (κ1) is 26.4. The molecule has 0 unspecified atom stereocenters. The number of amides is 2. The van der Waals surface area contributed by atoms with Crippen molar-refractivity contribution in [2.45, 2.75) is 53.1 Å². The normalized spacial score (nSPS) is 15.3. The predicted molar refractivity (Wildman–Crippen MR) is 146 cm³/mol. The number of anilines is 2. The molecule has 0 saturated carbocycles. The molecule has 194 valence electrons. The van der Waals surface area contributed by atoms with Gasteiger partial charge in [0.25, 0.3) is 11.8 Å². The van der Waals surface area contributed by atoms with Crippen molar-refractivity contribution in [1.82, 2.24) is 0 Å². The minimum absolute atomic E-state index is 0.270. The molecule has 1 aromatic heterocycles. The number of hydrogen-bond donors (Lipinski definition) is 2. The Morgan fingerprint density at radius 2 is 1.76 bits per heavy atom. The summed E-state index contributed by atoms with van der Waals surface area (Å²) in [5.41, 5.74) is 3.70. The van der Waals surface area contributed by atoms with Crippen LogP contribution in [0.15, 0.2) is 48.5 Å². The predicted octanol–water partition coefficient (Wildman–Crippen LogP) is 6.02. The zero-order valence-electron chi connectivity index (χ0n) is 21.6. The molecule has 1 aliphatic carbocycles. The van der Waals surface area contributed by atoms with Gasteiger partial charge in [0.15, 0.2) is 6.10 Å². The molecule has 0 saturated heterocycles. The third-order valence-corrected chi connectivity index (χ3v) is 7.51. The van der Waals surface area contributed by atoms with Crippen molar-refractivity contribution in [2.75, 3.05) is 17.2 Å². The average molecular weight is 521 g/mol. The van der Waals surface area contributed by atoms with Gasteiger partial charge in [-0.3, -0.25) is 9.59 Å². The van der Waals surface area contributed by atoms with Crippen LogP contribution < -0.4 is 15.4 Å². The molecule has 7 nitrogen and oxygen atoms in total. The summed E-state index contributed by atoms with van der Waals surface area (Å²) in [5, 5.41) is 6.28. The monoisotopic (exact) mass is 520 g/mol. The number of nitrogens with one attached hydrogen (secondary N) is 2. The topological polar surface area (TPSA) is 93.7 Å². The smallest absolute Gasteiger partial charge is 0.341 e. The zero-order chi connectivity index (χ0) is 26.5. The standard InChI is InChI=1S/C29H32N2O5S/c1-5-35-29(34)25-23-15-8-18(3)16-24(23)37-28(25)31-27(33)20-9-13-22(14-10-20)36-19(4)26(32)30-21-11-6-17(2)7-12-21/h6-7,9-14,18-19H,5,8,15-16H2,1-4H3,(H,30,32)(H,31,33)/t18-,19+/m1/s1. The molecule has 1 heterocycles. The van der Waals surface area contributed by atoms with Gasteiger partial charge in [0, 0.05) is 16.1 Å². The fourth-order valence-electron chi connectivity index (χ4n) is 4.26. The van der Waals surface area contributed by atoms with E-state index in [9.17, 15) is 14.4 Å². The van der Waals surface area contributed by atoms with Crippen molar-refractivity contribution in [3.05, 3.63) is 75.7 Å². The highest BCUT2D eigenvalue weighted by Crippen LogP contribution is 2.40. The summed E-state index contributed by atoms with van der Waals surface area (Å²) >= 11 is 1.46. The molecule has 8 heteroatoms. The summed E-state index contributed by atoms with van der Waals surface area (Å²) in [6, 6.07) is 14.1. The van der Waals surface area contributed by atoms with Gasteiger partial charge in [0.1, 0.15) is 10.8 Å². The van der Waals surface area contributed by atoms with E-state index in [1.165, 1.54) is 11.3 Å². The number of carbonyl (C=O) groups excluding carboxylic acids is 3. The number of hydrogen-bond acceptors (Lipinski definition) is 6. The molecule has 3 aromatic rings. The van der Waals surface area contributed by atoms with Crippen LogP contribution in [0.5, 0.6) is 5.75 Å². The molecule has 0 radical (unpaired) electrons. The largest absolute Gasteiger partial charge is 0.481 e. The van der Waals surface area contributed by atoms with Gasteiger partial charge in [-0.1, -0.05) is 24.6 Å². The van der Waals surface area contributed by atoms with Crippen LogP contribution in [-0.2, 0) is 22.4 Å². The second-order valence-electron chi connectivity index (χ2n) is 9.37. The van der Waals surface area contributed by atoms with Crippen LogP contribution in [0.1, 0.15) is 63.9 Å². The first-order chi connectivity index (χ1) is 17.7. The summed E-state index contributed by atoms with van der Waals surface area (Å²) in [6.45, 7) is 7.89.